The Balaban J connectivity index is 2.06. The molecule has 1 aliphatic rings. The number of urea groups is 1. The van der Waals surface area contributed by atoms with E-state index in [9.17, 15) is 9.59 Å². The minimum Gasteiger partial charge on any atom is -0.481 e. The highest BCUT2D eigenvalue weighted by atomic mass is 32.2. The molecule has 0 spiro atoms. The maximum Gasteiger partial charge on any atom is 0.314 e. The van der Waals surface area contributed by atoms with E-state index in [0.717, 1.165) is 19.4 Å². The summed E-state index contributed by atoms with van der Waals surface area (Å²) in [6.07, 6.45) is 5.09. The number of nitrogens with one attached hydrogen (secondary N) is 2. The lowest BCUT2D eigenvalue weighted by Crippen LogP contribution is -2.39. The fourth-order valence-electron chi connectivity index (χ4n) is 2.52. The molecule has 0 aliphatic carbocycles. The Hall–Kier alpha value is -0.910. The van der Waals surface area contributed by atoms with Crippen LogP contribution in [0.2, 0.25) is 0 Å². The standard InChI is InChI=1S/C15H28N2O3S/c1-2-12(3-4-14(18)19)5-8-16-15(20)17-11-13-6-9-21-10-7-13/h12-13H,2-11H2,1H3,(H,18,19)(H2,16,17,20). The van der Waals surface area contributed by atoms with Gasteiger partial charge in [-0.15, -0.1) is 0 Å². The summed E-state index contributed by atoms with van der Waals surface area (Å²) >= 11 is 1.99. The summed E-state index contributed by atoms with van der Waals surface area (Å²) in [6, 6.07) is -0.0960. The summed E-state index contributed by atoms with van der Waals surface area (Å²) in [5.41, 5.74) is 0. The SMILES string of the molecule is CCC(CCNC(=O)NCC1CCSCC1)CCC(=O)O. The normalized spacial score (nSPS) is 17.2. The zero-order valence-corrected chi connectivity index (χ0v) is 13.7. The fourth-order valence-corrected chi connectivity index (χ4v) is 3.72. The lowest BCUT2D eigenvalue weighted by atomic mass is 9.97. The largest absolute Gasteiger partial charge is 0.481 e. The number of hydrogen-bond donors (Lipinski definition) is 3. The Morgan fingerprint density at radius 2 is 1.95 bits per heavy atom. The van der Waals surface area contributed by atoms with Crippen molar-refractivity contribution in [3.63, 3.8) is 0 Å². The van der Waals surface area contributed by atoms with Crippen LogP contribution in [-0.2, 0) is 4.79 Å². The van der Waals surface area contributed by atoms with E-state index < -0.39 is 5.97 Å². The van der Waals surface area contributed by atoms with Gasteiger partial charge < -0.3 is 15.7 Å². The summed E-state index contributed by atoms with van der Waals surface area (Å²) in [4.78, 5) is 22.3. The maximum atomic E-state index is 11.7. The molecule has 1 heterocycles. The molecule has 1 rings (SSSR count). The minimum atomic E-state index is -0.746. The van der Waals surface area contributed by atoms with Crippen molar-refractivity contribution >= 4 is 23.8 Å². The number of amides is 2. The second kappa shape index (κ2) is 10.8. The van der Waals surface area contributed by atoms with Gasteiger partial charge in [0.1, 0.15) is 0 Å². The third-order valence-electron chi connectivity index (χ3n) is 4.07. The van der Waals surface area contributed by atoms with Crippen molar-refractivity contribution in [2.45, 2.75) is 45.4 Å². The third-order valence-corrected chi connectivity index (χ3v) is 5.12. The molecule has 0 radical (unpaired) electrons. The van der Waals surface area contributed by atoms with Gasteiger partial charge in [-0.3, -0.25) is 4.79 Å². The Labute approximate surface area is 131 Å². The van der Waals surface area contributed by atoms with Crippen LogP contribution in [0.1, 0.15) is 45.4 Å². The zero-order chi connectivity index (χ0) is 15.5. The summed E-state index contributed by atoms with van der Waals surface area (Å²) in [7, 11) is 0. The van der Waals surface area contributed by atoms with Gasteiger partial charge in [0.25, 0.3) is 0 Å². The number of hydrogen-bond acceptors (Lipinski definition) is 3. The molecule has 21 heavy (non-hydrogen) atoms. The Kier molecular flexibility index (Phi) is 9.30. The van der Waals surface area contributed by atoms with Crippen LogP contribution in [0.4, 0.5) is 4.79 Å². The van der Waals surface area contributed by atoms with Gasteiger partial charge in [-0.25, -0.2) is 4.79 Å². The van der Waals surface area contributed by atoms with E-state index in [0.29, 0.717) is 24.8 Å². The van der Waals surface area contributed by atoms with Crippen LogP contribution in [0.15, 0.2) is 0 Å². The molecule has 1 atom stereocenters. The molecule has 1 saturated heterocycles. The van der Waals surface area contributed by atoms with E-state index in [-0.39, 0.29) is 12.5 Å². The van der Waals surface area contributed by atoms with E-state index in [2.05, 4.69) is 17.6 Å². The van der Waals surface area contributed by atoms with Crippen LogP contribution in [0, 0.1) is 11.8 Å². The van der Waals surface area contributed by atoms with Crippen molar-refractivity contribution in [1.29, 1.82) is 0 Å². The van der Waals surface area contributed by atoms with Crippen molar-refractivity contribution < 1.29 is 14.7 Å². The Morgan fingerprint density at radius 1 is 1.24 bits per heavy atom. The molecule has 1 fully saturated rings. The summed E-state index contributed by atoms with van der Waals surface area (Å²) in [5, 5.41) is 14.5. The second-order valence-corrected chi connectivity index (χ2v) is 6.91. The number of carbonyl (C=O) groups excluding carboxylic acids is 1. The van der Waals surface area contributed by atoms with Crippen LogP contribution in [0.25, 0.3) is 0 Å². The summed E-state index contributed by atoms with van der Waals surface area (Å²) in [5.74, 6) is 2.66. The highest BCUT2D eigenvalue weighted by Crippen LogP contribution is 2.21. The first-order valence-corrected chi connectivity index (χ1v) is 9.08. The fraction of sp³-hybridized carbons (Fsp3) is 0.867. The van der Waals surface area contributed by atoms with Crippen LogP contribution >= 0.6 is 11.8 Å². The van der Waals surface area contributed by atoms with Crippen molar-refractivity contribution in [2.24, 2.45) is 11.8 Å². The predicted molar refractivity (Wildman–Crippen MR) is 86.7 cm³/mol. The summed E-state index contributed by atoms with van der Waals surface area (Å²) in [6.45, 7) is 3.45. The molecule has 1 aliphatic heterocycles. The first-order valence-electron chi connectivity index (χ1n) is 7.93. The number of aliphatic carboxylic acids is 1. The highest BCUT2D eigenvalue weighted by Gasteiger charge is 2.14. The smallest absolute Gasteiger partial charge is 0.314 e. The quantitative estimate of drug-likeness (QED) is 0.611. The van der Waals surface area contributed by atoms with E-state index in [4.69, 9.17) is 5.11 Å². The highest BCUT2D eigenvalue weighted by molar-refractivity contribution is 7.99. The molecular formula is C15H28N2O3S. The molecule has 1 unspecified atom stereocenters. The van der Waals surface area contributed by atoms with Gasteiger partial charge in [0, 0.05) is 19.5 Å². The zero-order valence-electron chi connectivity index (χ0n) is 12.9. The Morgan fingerprint density at radius 3 is 2.57 bits per heavy atom. The van der Waals surface area contributed by atoms with Crippen molar-refractivity contribution in [1.82, 2.24) is 10.6 Å². The monoisotopic (exact) mass is 316 g/mol. The number of thioether (sulfide) groups is 1. The van der Waals surface area contributed by atoms with Crippen molar-refractivity contribution in [3.8, 4) is 0 Å². The lowest BCUT2D eigenvalue weighted by molar-refractivity contribution is -0.137. The number of carboxylic acid groups (broad SMARTS) is 1. The van der Waals surface area contributed by atoms with E-state index >= 15 is 0 Å². The topological polar surface area (TPSA) is 78.4 Å². The van der Waals surface area contributed by atoms with E-state index in [1.807, 2.05) is 11.8 Å². The van der Waals surface area contributed by atoms with Crippen LogP contribution in [0.3, 0.4) is 0 Å². The molecule has 0 aromatic rings. The van der Waals surface area contributed by atoms with Crippen molar-refractivity contribution in [3.05, 3.63) is 0 Å². The molecular weight excluding hydrogens is 288 g/mol. The summed E-state index contributed by atoms with van der Waals surface area (Å²) < 4.78 is 0. The second-order valence-electron chi connectivity index (χ2n) is 5.69. The van der Waals surface area contributed by atoms with Crippen LogP contribution in [-0.4, -0.2) is 41.7 Å². The maximum absolute atomic E-state index is 11.7. The van der Waals surface area contributed by atoms with Gasteiger partial charge in [0.2, 0.25) is 0 Å². The van der Waals surface area contributed by atoms with Gasteiger partial charge in [-0.2, -0.15) is 11.8 Å². The minimum absolute atomic E-state index is 0.0960. The molecule has 122 valence electrons. The first-order chi connectivity index (χ1) is 10.1. The van der Waals surface area contributed by atoms with Crippen LogP contribution in [0.5, 0.6) is 0 Å². The molecule has 0 bridgehead atoms. The third kappa shape index (κ3) is 8.86. The first kappa shape index (κ1) is 18.1. The van der Waals surface area contributed by atoms with Gasteiger partial charge in [0.05, 0.1) is 0 Å². The average Bonchev–Trinajstić information content (AvgIpc) is 2.49. The lowest BCUT2D eigenvalue weighted by Gasteiger charge is -2.21. The van der Waals surface area contributed by atoms with Crippen molar-refractivity contribution in [2.75, 3.05) is 24.6 Å². The molecule has 0 saturated carbocycles. The number of rotatable bonds is 9. The molecule has 5 nitrogen and oxygen atoms in total. The van der Waals surface area contributed by atoms with E-state index in [1.165, 1.54) is 24.3 Å². The molecule has 0 aromatic carbocycles. The molecule has 3 N–H and O–H groups in total. The van der Waals surface area contributed by atoms with Gasteiger partial charge in [-0.1, -0.05) is 13.3 Å². The van der Waals surface area contributed by atoms with Gasteiger partial charge in [-0.05, 0) is 49.0 Å². The molecule has 2 amide bonds. The van der Waals surface area contributed by atoms with Gasteiger partial charge in [0.15, 0.2) is 0 Å². The molecule has 6 heteroatoms. The predicted octanol–water partition coefficient (Wildman–Crippen LogP) is 2.71. The number of carboxylic acids is 1. The van der Waals surface area contributed by atoms with Gasteiger partial charge >= 0.3 is 12.0 Å². The average molecular weight is 316 g/mol. The number of carbonyl (C=O) groups is 2. The van der Waals surface area contributed by atoms with Crippen LogP contribution < -0.4 is 10.6 Å². The molecule has 0 aromatic heterocycles. The Bertz CT molecular complexity index is 320. The van der Waals surface area contributed by atoms with E-state index in [1.54, 1.807) is 0 Å².